The summed E-state index contributed by atoms with van der Waals surface area (Å²) in [5.74, 6) is 0. The Hall–Kier alpha value is -0.160. The van der Waals surface area contributed by atoms with E-state index >= 15 is 0 Å². The number of aliphatic hydroxyl groups excluding tert-OH is 1. The summed E-state index contributed by atoms with van der Waals surface area (Å²) in [7, 11) is 0. The van der Waals surface area contributed by atoms with Gasteiger partial charge in [0.25, 0.3) is 0 Å². The predicted octanol–water partition coefficient (Wildman–Crippen LogP) is 0.849. The highest BCUT2D eigenvalue weighted by Crippen LogP contribution is 2.35. The Kier molecular flexibility index (Phi) is 5.42. The molecule has 4 nitrogen and oxygen atoms in total. The first kappa shape index (κ1) is 14.3. The molecule has 2 fully saturated rings. The smallest absolute Gasteiger partial charge is 0.0900 e. The van der Waals surface area contributed by atoms with Gasteiger partial charge in [0.05, 0.1) is 12.7 Å². The van der Waals surface area contributed by atoms with E-state index in [4.69, 9.17) is 4.74 Å². The summed E-state index contributed by atoms with van der Waals surface area (Å²) in [4.78, 5) is 2.43. The number of nitrogens with zero attached hydrogens (tertiary/aromatic N) is 1. The quantitative estimate of drug-likeness (QED) is 0.765. The normalized spacial score (nSPS) is 31.7. The molecule has 0 aromatic rings. The minimum absolute atomic E-state index is 0.336. The molecule has 1 spiro atoms. The average molecular weight is 256 g/mol. The third kappa shape index (κ3) is 3.92. The van der Waals surface area contributed by atoms with Crippen molar-refractivity contribution < 1.29 is 9.84 Å². The molecule has 0 aliphatic carbocycles. The van der Waals surface area contributed by atoms with Crippen LogP contribution in [0.15, 0.2) is 0 Å². The molecular weight excluding hydrogens is 228 g/mol. The summed E-state index contributed by atoms with van der Waals surface area (Å²) >= 11 is 0. The maximum Gasteiger partial charge on any atom is 0.0900 e. The number of hydrogen-bond donors (Lipinski definition) is 2. The Labute approximate surface area is 111 Å². The number of β-amino-alcohol motifs (C(OH)–C–C–N with tert-alkyl or cyclic N) is 1. The van der Waals surface area contributed by atoms with Crippen LogP contribution < -0.4 is 5.32 Å². The zero-order valence-electron chi connectivity index (χ0n) is 11.7. The van der Waals surface area contributed by atoms with Gasteiger partial charge in [0, 0.05) is 26.2 Å². The van der Waals surface area contributed by atoms with E-state index in [0.717, 1.165) is 26.2 Å². The van der Waals surface area contributed by atoms with E-state index in [1.165, 1.54) is 32.2 Å². The van der Waals surface area contributed by atoms with Crippen molar-refractivity contribution in [1.82, 2.24) is 10.2 Å². The Morgan fingerprint density at radius 2 is 2.22 bits per heavy atom. The summed E-state index contributed by atoms with van der Waals surface area (Å²) in [6, 6.07) is 0. The van der Waals surface area contributed by atoms with Gasteiger partial charge in [-0.2, -0.15) is 0 Å². The van der Waals surface area contributed by atoms with E-state index in [2.05, 4.69) is 10.2 Å². The van der Waals surface area contributed by atoms with E-state index in [1.54, 1.807) is 0 Å². The fourth-order valence-electron chi connectivity index (χ4n) is 3.45. The second-order valence-corrected chi connectivity index (χ2v) is 5.93. The van der Waals surface area contributed by atoms with Gasteiger partial charge < -0.3 is 20.1 Å². The SMILES string of the molecule is CCOCC(O)CN1CCCC2(CCCNC2)C1. The van der Waals surface area contributed by atoms with Crippen LogP contribution in [0.5, 0.6) is 0 Å². The number of aliphatic hydroxyl groups is 1. The largest absolute Gasteiger partial charge is 0.389 e. The molecule has 0 amide bonds. The van der Waals surface area contributed by atoms with Gasteiger partial charge >= 0.3 is 0 Å². The molecule has 0 bridgehead atoms. The van der Waals surface area contributed by atoms with Crippen LogP contribution in [-0.2, 0) is 4.74 Å². The van der Waals surface area contributed by atoms with Crippen molar-refractivity contribution in [2.75, 3.05) is 45.9 Å². The van der Waals surface area contributed by atoms with Crippen molar-refractivity contribution in [3.05, 3.63) is 0 Å². The lowest BCUT2D eigenvalue weighted by Crippen LogP contribution is -2.52. The van der Waals surface area contributed by atoms with Crippen molar-refractivity contribution in [2.24, 2.45) is 5.41 Å². The zero-order chi connectivity index (χ0) is 12.8. The third-order valence-corrected chi connectivity index (χ3v) is 4.28. The molecule has 2 saturated heterocycles. The topological polar surface area (TPSA) is 44.7 Å². The van der Waals surface area contributed by atoms with Gasteiger partial charge in [0.15, 0.2) is 0 Å². The predicted molar refractivity (Wildman–Crippen MR) is 72.7 cm³/mol. The molecule has 4 heteroatoms. The van der Waals surface area contributed by atoms with E-state index in [-0.39, 0.29) is 6.10 Å². The zero-order valence-corrected chi connectivity index (χ0v) is 11.7. The molecule has 18 heavy (non-hydrogen) atoms. The molecule has 2 atom stereocenters. The van der Waals surface area contributed by atoms with Crippen LogP contribution in [0.4, 0.5) is 0 Å². The van der Waals surface area contributed by atoms with Gasteiger partial charge in [0.2, 0.25) is 0 Å². The Morgan fingerprint density at radius 3 is 2.94 bits per heavy atom. The van der Waals surface area contributed by atoms with Gasteiger partial charge in [0.1, 0.15) is 0 Å². The van der Waals surface area contributed by atoms with Gasteiger partial charge in [-0.05, 0) is 51.1 Å². The van der Waals surface area contributed by atoms with E-state index in [9.17, 15) is 5.11 Å². The Morgan fingerprint density at radius 1 is 1.39 bits per heavy atom. The molecule has 0 saturated carbocycles. The minimum atomic E-state index is -0.336. The third-order valence-electron chi connectivity index (χ3n) is 4.28. The summed E-state index contributed by atoms with van der Waals surface area (Å²) < 4.78 is 5.28. The van der Waals surface area contributed by atoms with Gasteiger partial charge in [-0.15, -0.1) is 0 Å². The van der Waals surface area contributed by atoms with Gasteiger partial charge in [-0.3, -0.25) is 0 Å². The van der Waals surface area contributed by atoms with Crippen LogP contribution in [0.1, 0.15) is 32.6 Å². The van der Waals surface area contributed by atoms with E-state index in [1.807, 2.05) is 6.92 Å². The van der Waals surface area contributed by atoms with Crippen LogP contribution >= 0.6 is 0 Å². The lowest BCUT2D eigenvalue weighted by molar-refractivity contribution is -0.00515. The van der Waals surface area contributed by atoms with Crippen molar-refractivity contribution in [2.45, 2.75) is 38.7 Å². The number of piperidine rings is 2. The first-order valence-corrected chi connectivity index (χ1v) is 7.43. The van der Waals surface area contributed by atoms with Crippen LogP contribution in [0.3, 0.4) is 0 Å². The number of likely N-dealkylation sites (tertiary alicyclic amines) is 1. The maximum absolute atomic E-state index is 9.94. The molecule has 2 aliphatic rings. The molecule has 2 aliphatic heterocycles. The first-order valence-electron chi connectivity index (χ1n) is 7.43. The summed E-state index contributed by atoms with van der Waals surface area (Å²) in [6.07, 6.45) is 4.92. The minimum Gasteiger partial charge on any atom is -0.389 e. The Bertz CT molecular complexity index is 236. The second kappa shape index (κ2) is 6.85. The number of ether oxygens (including phenoxy) is 1. The monoisotopic (exact) mass is 256 g/mol. The van der Waals surface area contributed by atoms with Crippen molar-refractivity contribution in [3.8, 4) is 0 Å². The maximum atomic E-state index is 9.94. The lowest BCUT2D eigenvalue weighted by atomic mass is 9.74. The van der Waals surface area contributed by atoms with Crippen LogP contribution in [0.25, 0.3) is 0 Å². The second-order valence-electron chi connectivity index (χ2n) is 5.93. The molecule has 106 valence electrons. The molecule has 2 rings (SSSR count). The average Bonchev–Trinajstić information content (AvgIpc) is 2.37. The van der Waals surface area contributed by atoms with E-state index in [0.29, 0.717) is 18.6 Å². The molecule has 2 unspecified atom stereocenters. The number of rotatable bonds is 5. The van der Waals surface area contributed by atoms with Crippen LogP contribution in [-0.4, -0.2) is 62.0 Å². The standard InChI is InChI=1S/C14H28N2O2/c1-2-18-10-13(17)9-16-8-4-6-14(12-16)5-3-7-15-11-14/h13,15,17H,2-12H2,1H3. The molecule has 0 radical (unpaired) electrons. The van der Waals surface area contributed by atoms with Crippen molar-refractivity contribution in [3.63, 3.8) is 0 Å². The highest BCUT2D eigenvalue weighted by Gasteiger charge is 2.36. The molecule has 0 aromatic heterocycles. The summed E-state index contributed by atoms with van der Waals surface area (Å²) in [5.41, 5.74) is 0.474. The number of hydrogen-bond acceptors (Lipinski definition) is 4. The highest BCUT2D eigenvalue weighted by atomic mass is 16.5. The fourth-order valence-corrected chi connectivity index (χ4v) is 3.45. The van der Waals surface area contributed by atoms with Crippen molar-refractivity contribution >= 4 is 0 Å². The Balaban J connectivity index is 1.79. The lowest BCUT2D eigenvalue weighted by Gasteiger charge is -2.45. The van der Waals surface area contributed by atoms with Crippen molar-refractivity contribution in [1.29, 1.82) is 0 Å². The first-order chi connectivity index (χ1) is 8.74. The highest BCUT2D eigenvalue weighted by molar-refractivity contribution is 4.91. The van der Waals surface area contributed by atoms with Crippen LogP contribution in [0.2, 0.25) is 0 Å². The van der Waals surface area contributed by atoms with Gasteiger partial charge in [-0.25, -0.2) is 0 Å². The summed E-state index contributed by atoms with van der Waals surface area (Å²) in [5, 5.41) is 13.5. The summed E-state index contributed by atoms with van der Waals surface area (Å²) in [6.45, 7) is 8.50. The van der Waals surface area contributed by atoms with Crippen LogP contribution in [0, 0.1) is 5.41 Å². The molecule has 2 N–H and O–H groups in total. The molecule has 2 heterocycles. The molecular formula is C14H28N2O2. The van der Waals surface area contributed by atoms with Gasteiger partial charge in [-0.1, -0.05) is 0 Å². The van der Waals surface area contributed by atoms with E-state index < -0.39 is 0 Å². The fraction of sp³-hybridized carbons (Fsp3) is 1.00. The molecule has 0 aromatic carbocycles. The number of nitrogens with one attached hydrogen (secondary N) is 1.